The van der Waals surface area contributed by atoms with E-state index in [0.717, 1.165) is 21.4 Å². The zero-order chi connectivity index (χ0) is 25.2. The Hall–Kier alpha value is -4.72. The molecule has 5 rings (SSSR count). The van der Waals surface area contributed by atoms with E-state index in [9.17, 15) is 18.8 Å². The average Bonchev–Trinajstić information content (AvgIpc) is 3.32. The molecule has 2 N–H and O–H groups in total. The van der Waals surface area contributed by atoms with Gasteiger partial charge in [0, 0.05) is 33.9 Å². The lowest BCUT2D eigenvalue weighted by atomic mass is 10.1. The molecule has 0 unspecified atom stereocenters. The lowest BCUT2D eigenvalue weighted by molar-refractivity contribution is -0.123. The highest BCUT2D eigenvalue weighted by Gasteiger charge is 2.34. The van der Waals surface area contributed by atoms with E-state index in [1.54, 1.807) is 29.0 Å². The van der Waals surface area contributed by atoms with Crippen molar-refractivity contribution in [1.29, 1.82) is 0 Å². The van der Waals surface area contributed by atoms with Crippen LogP contribution in [0.25, 0.3) is 17.0 Å². The van der Waals surface area contributed by atoms with Gasteiger partial charge in [0.15, 0.2) is 0 Å². The third-order valence-electron chi connectivity index (χ3n) is 5.98. The Kier molecular flexibility index (Phi) is 6.08. The maximum atomic E-state index is 14.1. The molecule has 1 aromatic heterocycles. The van der Waals surface area contributed by atoms with Crippen molar-refractivity contribution in [2.75, 3.05) is 5.32 Å². The Bertz CT molecular complexity index is 1540. The number of rotatable bonds is 6. The molecule has 0 atom stereocenters. The van der Waals surface area contributed by atoms with E-state index in [0.29, 0.717) is 11.3 Å². The number of carbonyl (C=O) groups is 3. The highest BCUT2D eigenvalue weighted by molar-refractivity contribution is 6.14. The van der Waals surface area contributed by atoms with Crippen LogP contribution in [0.4, 0.5) is 14.9 Å². The van der Waals surface area contributed by atoms with Gasteiger partial charge in [-0.15, -0.1) is 0 Å². The standard InChI is InChI=1S/C28H23FN4O3/c1-18-7-6-9-21(13-18)30-26(34)17-32-15-20(22-10-3-5-12-25(22)32)14-24-27(35)33(28(36)31-24)16-19-8-2-4-11-23(19)29/h2-15H,16-17H2,1H3,(H,30,34)(H,31,36)/b24-14+. The molecular formula is C28H23FN4O3. The topological polar surface area (TPSA) is 83.4 Å². The van der Waals surface area contributed by atoms with Crippen LogP contribution in [-0.4, -0.2) is 27.3 Å². The van der Waals surface area contributed by atoms with Gasteiger partial charge in [-0.1, -0.05) is 48.5 Å². The molecule has 1 aliphatic heterocycles. The zero-order valence-electron chi connectivity index (χ0n) is 19.5. The number of hydrogen-bond donors (Lipinski definition) is 2. The Balaban J connectivity index is 1.40. The van der Waals surface area contributed by atoms with Crippen LogP contribution in [0.2, 0.25) is 0 Å². The number of para-hydroxylation sites is 1. The fourth-order valence-electron chi connectivity index (χ4n) is 4.27. The van der Waals surface area contributed by atoms with Gasteiger partial charge in [-0.25, -0.2) is 9.18 Å². The number of aromatic nitrogens is 1. The largest absolute Gasteiger partial charge is 0.337 e. The number of fused-ring (bicyclic) bond motifs is 1. The molecule has 4 aromatic rings. The van der Waals surface area contributed by atoms with E-state index in [2.05, 4.69) is 10.6 Å². The van der Waals surface area contributed by atoms with Crippen LogP contribution in [0.3, 0.4) is 0 Å². The minimum atomic E-state index is -0.615. The predicted octanol–water partition coefficient (Wildman–Crippen LogP) is 4.82. The number of nitrogens with zero attached hydrogens (tertiary/aromatic N) is 2. The summed E-state index contributed by atoms with van der Waals surface area (Å²) in [6, 6.07) is 20.5. The summed E-state index contributed by atoms with van der Waals surface area (Å²) in [4.78, 5) is 39.2. The summed E-state index contributed by atoms with van der Waals surface area (Å²) in [5.41, 5.74) is 3.57. The average molecular weight is 483 g/mol. The molecule has 0 aliphatic carbocycles. The van der Waals surface area contributed by atoms with Crippen LogP contribution in [0.5, 0.6) is 0 Å². The maximum absolute atomic E-state index is 14.1. The Morgan fingerprint density at radius 1 is 1.03 bits per heavy atom. The van der Waals surface area contributed by atoms with E-state index in [4.69, 9.17) is 0 Å². The molecule has 7 nitrogen and oxygen atoms in total. The molecule has 0 saturated carbocycles. The van der Waals surface area contributed by atoms with Crippen LogP contribution >= 0.6 is 0 Å². The molecular weight excluding hydrogens is 459 g/mol. The highest BCUT2D eigenvalue weighted by Crippen LogP contribution is 2.25. The smallest absolute Gasteiger partial charge is 0.329 e. The van der Waals surface area contributed by atoms with Crippen LogP contribution in [0, 0.1) is 12.7 Å². The van der Waals surface area contributed by atoms with Gasteiger partial charge >= 0.3 is 6.03 Å². The van der Waals surface area contributed by atoms with Gasteiger partial charge in [-0.3, -0.25) is 14.5 Å². The summed E-state index contributed by atoms with van der Waals surface area (Å²) in [6.07, 6.45) is 3.35. The maximum Gasteiger partial charge on any atom is 0.329 e. The van der Waals surface area contributed by atoms with E-state index in [1.807, 2.05) is 55.5 Å². The first kappa shape index (κ1) is 23.0. The summed E-state index contributed by atoms with van der Waals surface area (Å²) < 4.78 is 15.9. The number of nitrogens with one attached hydrogen (secondary N) is 2. The molecule has 0 spiro atoms. The monoisotopic (exact) mass is 482 g/mol. The first-order valence-electron chi connectivity index (χ1n) is 11.4. The molecule has 4 amide bonds. The lowest BCUT2D eigenvalue weighted by Crippen LogP contribution is -2.30. The van der Waals surface area contributed by atoms with E-state index in [-0.39, 0.29) is 30.3 Å². The Morgan fingerprint density at radius 3 is 2.61 bits per heavy atom. The fourth-order valence-corrected chi connectivity index (χ4v) is 4.27. The second kappa shape index (κ2) is 9.50. The van der Waals surface area contributed by atoms with Gasteiger partial charge in [-0.05, 0) is 42.8 Å². The second-order valence-corrected chi connectivity index (χ2v) is 8.62. The summed E-state index contributed by atoms with van der Waals surface area (Å²) in [5, 5.41) is 6.31. The molecule has 0 radical (unpaired) electrons. The number of halogens is 1. The van der Waals surface area contributed by atoms with Gasteiger partial charge in [0.25, 0.3) is 5.91 Å². The van der Waals surface area contributed by atoms with Crippen molar-refractivity contribution in [1.82, 2.24) is 14.8 Å². The van der Waals surface area contributed by atoms with Gasteiger partial charge in [0.2, 0.25) is 5.91 Å². The van der Waals surface area contributed by atoms with Gasteiger partial charge < -0.3 is 15.2 Å². The van der Waals surface area contributed by atoms with Crippen LogP contribution in [0.15, 0.2) is 84.7 Å². The molecule has 1 aliphatic rings. The number of urea groups is 1. The van der Waals surface area contributed by atoms with Gasteiger partial charge in [0.1, 0.15) is 18.1 Å². The minimum Gasteiger partial charge on any atom is -0.337 e. The molecule has 36 heavy (non-hydrogen) atoms. The van der Waals surface area contributed by atoms with Gasteiger partial charge in [-0.2, -0.15) is 0 Å². The predicted molar refractivity (Wildman–Crippen MR) is 135 cm³/mol. The number of imide groups is 1. The van der Waals surface area contributed by atoms with Crippen molar-refractivity contribution in [2.45, 2.75) is 20.0 Å². The lowest BCUT2D eigenvalue weighted by Gasteiger charge is -2.12. The van der Waals surface area contributed by atoms with E-state index in [1.165, 1.54) is 12.1 Å². The second-order valence-electron chi connectivity index (χ2n) is 8.62. The quantitative estimate of drug-likeness (QED) is 0.305. The van der Waals surface area contributed by atoms with E-state index >= 15 is 0 Å². The van der Waals surface area contributed by atoms with Crippen molar-refractivity contribution < 1.29 is 18.8 Å². The fraction of sp³-hybridized carbons (Fsp3) is 0.107. The SMILES string of the molecule is Cc1cccc(NC(=O)Cn2cc(/C=C3/NC(=O)N(Cc4ccccc4F)C3=O)c3ccccc32)c1. The normalized spacial score (nSPS) is 14.5. The summed E-state index contributed by atoms with van der Waals surface area (Å²) in [5.74, 6) is -1.22. The molecule has 0 bridgehead atoms. The van der Waals surface area contributed by atoms with Crippen LogP contribution < -0.4 is 10.6 Å². The van der Waals surface area contributed by atoms with E-state index < -0.39 is 17.8 Å². The number of hydrogen-bond acceptors (Lipinski definition) is 3. The first-order chi connectivity index (χ1) is 17.4. The third-order valence-corrected chi connectivity index (χ3v) is 5.98. The Morgan fingerprint density at radius 2 is 1.81 bits per heavy atom. The molecule has 180 valence electrons. The summed E-state index contributed by atoms with van der Waals surface area (Å²) in [6.45, 7) is 1.85. The number of anilines is 1. The molecule has 1 saturated heterocycles. The molecule has 1 fully saturated rings. The minimum absolute atomic E-state index is 0.0668. The molecule has 8 heteroatoms. The van der Waals surface area contributed by atoms with Crippen LogP contribution in [-0.2, 0) is 22.7 Å². The molecule has 3 aromatic carbocycles. The Labute approximate surface area is 206 Å². The first-order valence-corrected chi connectivity index (χ1v) is 11.4. The molecule has 2 heterocycles. The number of benzene rings is 3. The summed E-state index contributed by atoms with van der Waals surface area (Å²) in [7, 11) is 0. The summed E-state index contributed by atoms with van der Waals surface area (Å²) >= 11 is 0. The highest BCUT2D eigenvalue weighted by atomic mass is 19.1. The van der Waals surface area contributed by atoms with Gasteiger partial charge in [0.05, 0.1) is 6.54 Å². The number of amides is 4. The number of aryl methyl sites for hydroxylation is 1. The van der Waals surface area contributed by atoms with Crippen LogP contribution in [0.1, 0.15) is 16.7 Å². The van der Waals surface area contributed by atoms with Crippen molar-refractivity contribution in [2.24, 2.45) is 0 Å². The number of carbonyl (C=O) groups excluding carboxylic acids is 3. The van der Waals surface area contributed by atoms with Crippen molar-refractivity contribution in [3.8, 4) is 0 Å². The zero-order valence-corrected chi connectivity index (χ0v) is 19.5. The van der Waals surface area contributed by atoms with Crippen molar-refractivity contribution in [3.05, 3.63) is 107 Å². The van der Waals surface area contributed by atoms with Crippen molar-refractivity contribution in [3.63, 3.8) is 0 Å². The van der Waals surface area contributed by atoms with Crippen molar-refractivity contribution >= 4 is 40.5 Å². The third kappa shape index (κ3) is 4.61.